The third kappa shape index (κ3) is 2.92. The number of fused-ring (bicyclic) bond motifs is 2. The Hall–Kier alpha value is -0.770. The second-order valence-corrected chi connectivity index (χ2v) is 7.39. The van der Waals surface area contributed by atoms with Gasteiger partial charge in [-0.3, -0.25) is 4.90 Å². The molecule has 3 fully saturated rings. The first-order valence-corrected chi connectivity index (χ1v) is 8.99. The molecule has 2 saturated carbocycles. The molecule has 1 saturated heterocycles. The van der Waals surface area contributed by atoms with E-state index >= 15 is 0 Å². The molecule has 2 heterocycles. The van der Waals surface area contributed by atoms with Gasteiger partial charge in [0, 0.05) is 12.5 Å². The standard InChI is InChI=1S/C17H28N2O2/c1-4-8-19(9-5-1)11-15-12-20-18-17(21-15)16-13-6-2-3-7-14(16)10-13/h13-16H,1-12H2. The van der Waals surface area contributed by atoms with Crippen LogP contribution < -0.4 is 0 Å². The Bertz CT molecular complexity index is 376. The zero-order valence-corrected chi connectivity index (χ0v) is 13.0. The fraction of sp³-hybridized carbons (Fsp3) is 0.941. The maximum absolute atomic E-state index is 6.27. The smallest absolute Gasteiger partial charge is 0.229 e. The lowest BCUT2D eigenvalue weighted by Gasteiger charge is -2.44. The summed E-state index contributed by atoms with van der Waals surface area (Å²) in [4.78, 5) is 8.07. The molecule has 2 bridgehead atoms. The summed E-state index contributed by atoms with van der Waals surface area (Å²) in [5.41, 5.74) is 0. The van der Waals surface area contributed by atoms with Gasteiger partial charge in [-0.2, -0.15) is 0 Å². The predicted octanol–water partition coefficient (Wildman–Crippen LogP) is 3.03. The number of piperidine rings is 1. The van der Waals surface area contributed by atoms with Crippen molar-refractivity contribution in [2.75, 3.05) is 26.2 Å². The van der Waals surface area contributed by atoms with Crippen molar-refractivity contribution >= 4 is 5.90 Å². The maximum atomic E-state index is 6.27. The van der Waals surface area contributed by atoms with E-state index in [-0.39, 0.29) is 6.10 Å². The quantitative estimate of drug-likeness (QED) is 0.802. The summed E-state index contributed by atoms with van der Waals surface area (Å²) in [5.74, 6) is 3.13. The summed E-state index contributed by atoms with van der Waals surface area (Å²) in [6.45, 7) is 4.09. The normalized spacial score (nSPS) is 40.3. The lowest BCUT2D eigenvalue weighted by atomic mass is 9.64. The highest BCUT2D eigenvalue weighted by Gasteiger charge is 2.47. The highest BCUT2D eigenvalue weighted by molar-refractivity contribution is 5.80. The Balaban J connectivity index is 1.35. The Morgan fingerprint density at radius 3 is 2.52 bits per heavy atom. The fourth-order valence-electron chi connectivity index (χ4n) is 4.75. The van der Waals surface area contributed by atoms with Crippen LogP contribution in [0.1, 0.15) is 51.4 Å². The summed E-state index contributed by atoms with van der Waals surface area (Å²) >= 11 is 0. The zero-order valence-electron chi connectivity index (χ0n) is 13.0. The van der Waals surface area contributed by atoms with E-state index in [4.69, 9.17) is 9.57 Å². The van der Waals surface area contributed by atoms with Gasteiger partial charge < -0.3 is 9.57 Å². The maximum Gasteiger partial charge on any atom is 0.229 e. The van der Waals surface area contributed by atoms with Gasteiger partial charge in [-0.25, -0.2) is 0 Å². The van der Waals surface area contributed by atoms with Gasteiger partial charge in [0.25, 0.3) is 0 Å². The van der Waals surface area contributed by atoms with Crippen LogP contribution in [0.4, 0.5) is 0 Å². The second-order valence-electron chi connectivity index (χ2n) is 7.39. The van der Waals surface area contributed by atoms with Crippen molar-refractivity contribution in [1.82, 2.24) is 4.90 Å². The molecule has 21 heavy (non-hydrogen) atoms. The Morgan fingerprint density at radius 2 is 1.76 bits per heavy atom. The van der Waals surface area contributed by atoms with Crippen LogP contribution in [0.2, 0.25) is 0 Å². The largest absolute Gasteiger partial charge is 0.470 e. The molecule has 0 aromatic heterocycles. The first-order valence-electron chi connectivity index (χ1n) is 8.99. The van der Waals surface area contributed by atoms with Crippen LogP contribution in [0.15, 0.2) is 5.16 Å². The first-order chi connectivity index (χ1) is 10.4. The molecule has 4 heteroatoms. The first kappa shape index (κ1) is 13.9. The minimum Gasteiger partial charge on any atom is -0.470 e. The van der Waals surface area contributed by atoms with Crippen LogP contribution in [0.25, 0.3) is 0 Å². The van der Waals surface area contributed by atoms with E-state index in [2.05, 4.69) is 10.1 Å². The van der Waals surface area contributed by atoms with Crippen LogP contribution in [0, 0.1) is 17.8 Å². The van der Waals surface area contributed by atoms with Crippen LogP contribution in [0.3, 0.4) is 0 Å². The van der Waals surface area contributed by atoms with E-state index in [9.17, 15) is 0 Å². The fourth-order valence-corrected chi connectivity index (χ4v) is 4.75. The van der Waals surface area contributed by atoms with Crippen LogP contribution in [-0.2, 0) is 9.57 Å². The Morgan fingerprint density at radius 1 is 1.00 bits per heavy atom. The molecule has 2 aliphatic carbocycles. The average molecular weight is 292 g/mol. The van der Waals surface area contributed by atoms with Gasteiger partial charge in [0.1, 0.15) is 6.10 Å². The van der Waals surface area contributed by atoms with Crippen LogP contribution >= 0.6 is 0 Å². The summed E-state index contributed by atoms with van der Waals surface area (Å²) in [6, 6.07) is 0. The number of nitrogens with zero attached hydrogens (tertiary/aromatic N) is 2. The average Bonchev–Trinajstić information content (AvgIpc) is 2.85. The van der Waals surface area contributed by atoms with Crippen molar-refractivity contribution in [3.8, 4) is 0 Å². The van der Waals surface area contributed by atoms with Gasteiger partial charge in [-0.1, -0.05) is 24.4 Å². The molecule has 4 nitrogen and oxygen atoms in total. The van der Waals surface area contributed by atoms with Gasteiger partial charge in [-0.05, 0) is 57.0 Å². The van der Waals surface area contributed by atoms with Crippen molar-refractivity contribution in [3.63, 3.8) is 0 Å². The molecule has 0 radical (unpaired) electrons. The Kier molecular flexibility index (Phi) is 4.06. The lowest BCUT2D eigenvalue weighted by Crippen LogP contribution is -2.48. The molecule has 4 rings (SSSR count). The second kappa shape index (κ2) is 6.15. The predicted molar refractivity (Wildman–Crippen MR) is 82.1 cm³/mol. The molecule has 2 aliphatic heterocycles. The summed E-state index contributed by atoms with van der Waals surface area (Å²) in [7, 11) is 0. The SMILES string of the molecule is C1CCN(CC2CON=C(C3C4CCCCC3C4)O2)CC1. The number of rotatable bonds is 3. The number of hydrogen-bond acceptors (Lipinski definition) is 4. The lowest BCUT2D eigenvalue weighted by molar-refractivity contribution is -0.0298. The molecule has 0 aromatic carbocycles. The van der Waals surface area contributed by atoms with E-state index < -0.39 is 0 Å². The number of ether oxygens (including phenoxy) is 1. The van der Waals surface area contributed by atoms with Crippen molar-refractivity contribution in [2.45, 2.75) is 57.5 Å². The summed E-state index contributed by atoms with van der Waals surface area (Å²) < 4.78 is 6.27. The van der Waals surface area contributed by atoms with E-state index in [0.29, 0.717) is 12.5 Å². The Labute approximate surface area is 127 Å². The molecular formula is C17H28N2O2. The molecule has 3 atom stereocenters. The monoisotopic (exact) mass is 292 g/mol. The molecule has 0 spiro atoms. The van der Waals surface area contributed by atoms with E-state index in [1.807, 2.05) is 0 Å². The zero-order chi connectivity index (χ0) is 14.1. The molecule has 0 aromatic rings. The van der Waals surface area contributed by atoms with Gasteiger partial charge in [0.15, 0.2) is 6.61 Å². The van der Waals surface area contributed by atoms with Crippen molar-refractivity contribution in [3.05, 3.63) is 0 Å². The van der Waals surface area contributed by atoms with E-state index in [1.54, 1.807) is 0 Å². The van der Waals surface area contributed by atoms with Gasteiger partial charge >= 0.3 is 0 Å². The third-order valence-electron chi connectivity index (χ3n) is 5.92. The molecule has 118 valence electrons. The van der Waals surface area contributed by atoms with Crippen molar-refractivity contribution < 1.29 is 9.57 Å². The van der Waals surface area contributed by atoms with Crippen LogP contribution in [-0.4, -0.2) is 43.1 Å². The van der Waals surface area contributed by atoms with Crippen LogP contribution in [0.5, 0.6) is 0 Å². The van der Waals surface area contributed by atoms with Gasteiger partial charge in [0.2, 0.25) is 5.90 Å². The molecular weight excluding hydrogens is 264 g/mol. The number of likely N-dealkylation sites (tertiary alicyclic amines) is 1. The minimum atomic E-state index is 0.193. The highest BCUT2D eigenvalue weighted by Crippen LogP contribution is 2.50. The molecule has 0 amide bonds. The van der Waals surface area contributed by atoms with Crippen molar-refractivity contribution in [1.29, 1.82) is 0 Å². The summed E-state index contributed by atoms with van der Waals surface area (Å²) in [5, 5.41) is 4.29. The number of oxime groups is 1. The van der Waals surface area contributed by atoms with Gasteiger partial charge in [-0.15, -0.1) is 0 Å². The molecule has 0 N–H and O–H groups in total. The topological polar surface area (TPSA) is 34.1 Å². The molecule has 3 unspecified atom stereocenters. The van der Waals surface area contributed by atoms with E-state index in [1.165, 1.54) is 64.5 Å². The highest BCUT2D eigenvalue weighted by atomic mass is 16.7. The minimum absolute atomic E-state index is 0.193. The van der Waals surface area contributed by atoms with Crippen molar-refractivity contribution in [2.24, 2.45) is 22.9 Å². The third-order valence-corrected chi connectivity index (χ3v) is 5.92. The summed E-state index contributed by atoms with van der Waals surface area (Å²) in [6.07, 6.45) is 11.1. The number of hydrogen-bond donors (Lipinski definition) is 0. The van der Waals surface area contributed by atoms with Gasteiger partial charge in [0.05, 0.1) is 0 Å². The molecule has 4 aliphatic rings. The van der Waals surface area contributed by atoms with E-state index in [0.717, 1.165) is 24.3 Å².